The van der Waals surface area contributed by atoms with Crippen LogP contribution in [0, 0.1) is 20.2 Å². The molecule has 0 bridgehead atoms. The Bertz CT molecular complexity index is 1330. The van der Waals surface area contributed by atoms with Gasteiger partial charge in [0.25, 0.3) is 11.4 Å². The molecule has 12 nitrogen and oxygen atoms in total. The van der Waals surface area contributed by atoms with E-state index in [1.54, 1.807) is 0 Å². The number of aldehydes is 2. The largest absolute Gasteiger partial charge is 0.493 e. The van der Waals surface area contributed by atoms with Crippen LogP contribution in [0.25, 0.3) is 0 Å². The van der Waals surface area contributed by atoms with Gasteiger partial charge in [-0.2, -0.15) is 0 Å². The molecule has 0 heterocycles. The molecule has 3 aromatic rings. The summed E-state index contributed by atoms with van der Waals surface area (Å²) in [4.78, 5) is 43.8. The number of carbonyl (C=O) groups excluding carboxylic acids is 2. The van der Waals surface area contributed by atoms with Crippen LogP contribution in [-0.4, -0.2) is 42.7 Å². The Kier molecular flexibility index (Phi) is 10.3. The second-order valence-corrected chi connectivity index (χ2v) is 8.20. The van der Waals surface area contributed by atoms with Crippen molar-refractivity contribution in [2.75, 3.05) is 20.3 Å². The predicted octanol–water partition coefficient (Wildman–Crippen LogP) is 5.34. The Balaban J connectivity index is 1.57. The fourth-order valence-corrected chi connectivity index (χ4v) is 3.61. The number of methoxy groups -OCH3 is 1. The summed E-state index contributed by atoms with van der Waals surface area (Å²) in [7, 11) is 1.36. The fourth-order valence-electron chi connectivity index (χ4n) is 3.61. The van der Waals surface area contributed by atoms with E-state index in [9.17, 15) is 29.8 Å². The third-order valence-electron chi connectivity index (χ3n) is 5.59. The third-order valence-corrected chi connectivity index (χ3v) is 5.59. The molecule has 3 rings (SSSR count). The molecule has 0 aromatic heterocycles. The highest BCUT2D eigenvalue weighted by Crippen LogP contribution is 2.36. The molecule has 0 N–H and O–H groups in total. The van der Waals surface area contributed by atoms with E-state index in [2.05, 4.69) is 0 Å². The number of nitrogens with zero attached hydrogens (tertiary/aromatic N) is 2. The Morgan fingerprint density at radius 3 is 1.67 bits per heavy atom. The maximum Gasteiger partial charge on any atom is 0.283 e. The number of carbonyl (C=O) groups is 2. The minimum Gasteiger partial charge on any atom is -0.493 e. The monoisotopic (exact) mass is 538 g/mol. The predicted molar refractivity (Wildman–Crippen MR) is 139 cm³/mol. The highest BCUT2D eigenvalue weighted by atomic mass is 16.6. The number of ether oxygens (including phenoxy) is 4. The molecule has 0 aliphatic rings. The molecule has 3 aromatic carbocycles. The van der Waals surface area contributed by atoms with Crippen LogP contribution in [0.1, 0.15) is 45.5 Å². The smallest absolute Gasteiger partial charge is 0.283 e. The van der Waals surface area contributed by atoms with Crippen molar-refractivity contribution in [1.29, 1.82) is 0 Å². The first-order valence-electron chi connectivity index (χ1n) is 11.9. The van der Waals surface area contributed by atoms with E-state index >= 15 is 0 Å². The molecule has 0 spiro atoms. The van der Waals surface area contributed by atoms with Crippen LogP contribution in [0.5, 0.6) is 23.0 Å². The van der Waals surface area contributed by atoms with E-state index in [4.69, 9.17) is 18.9 Å². The van der Waals surface area contributed by atoms with Gasteiger partial charge < -0.3 is 18.9 Å². The van der Waals surface area contributed by atoms with E-state index in [0.717, 1.165) is 11.6 Å². The number of unbranched alkanes of at least 4 members (excludes halogenated alkanes) is 2. The van der Waals surface area contributed by atoms with Crippen molar-refractivity contribution >= 4 is 23.9 Å². The summed E-state index contributed by atoms with van der Waals surface area (Å²) in [5, 5.41) is 22.6. The zero-order valence-corrected chi connectivity index (χ0v) is 21.1. The number of hydrogen-bond acceptors (Lipinski definition) is 10. The van der Waals surface area contributed by atoms with Gasteiger partial charge >= 0.3 is 0 Å². The van der Waals surface area contributed by atoms with Crippen LogP contribution >= 0.6 is 0 Å². The molecular formula is C27H26N2O10. The number of nitro benzene ring substituents is 2. The van der Waals surface area contributed by atoms with Crippen LogP contribution in [0.3, 0.4) is 0 Å². The number of rotatable bonds is 16. The average molecular weight is 539 g/mol. The maximum atomic E-state index is 11.4. The highest BCUT2D eigenvalue weighted by Gasteiger charge is 2.21. The van der Waals surface area contributed by atoms with Crippen molar-refractivity contribution in [3.05, 3.63) is 91.5 Å². The molecule has 0 radical (unpaired) electrons. The molecule has 0 aliphatic carbocycles. The molecule has 0 amide bonds. The molecule has 0 unspecified atom stereocenters. The normalized spacial score (nSPS) is 10.4. The Labute approximate surface area is 223 Å². The van der Waals surface area contributed by atoms with Crippen LogP contribution in [0.4, 0.5) is 11.4 Å². The third kappa shape index (κ3) is 7.74. The van der Waals surface area contributed by atoms with Gasteiger partial charge in [-0.05, 0) is 24.8 Å². The van der Waals surface area contributed by atoms with Crippen molar-refractivity contribution in [2.24, 2.45) is 0 Å². The van der Waals surface area contributed by atoms with Crippen molar-refractivity contribution in [2.45, 2.75) is 25.9 Å². The average Bonchev–Trinajstić information content (AvgIpc) is 2.95. The quantitative estimate of drug-likeness (QED) is 0.101. The van der Waals surface area contributed by atoms with Gasteiger partial charge in [-0.15, -0.1) is 0 Å². The van der Waals surface area contributed by atoms with Gasteiger partial charge in [-0.3, -0.25) is 29.8 Å². The van der Waals surface area contributed by atoms with E-state index in [1.807, 2.05) is 30.3 Å². The SMILES string of the molecule is COc1cc(C=O)c([N+](=O)[O-])cc1OCCCCCOc1cc([N+](=O)[O-])c(C=O)cc1OCc1ccccc1. The Morgan fingerprint density at radius 1 is 0.692 bits per heavy atom. The Morgan fingerprint density at radius 2 is 1.18 bits per heavy atom. The molecule has 0 fully saturated rings. The van der Waals surface area contributed by atoms with Crippen LogP contribution in [0.2, 0.25) is 0 Å². The van der Waals surface area contributed by atoms with Crippen molar-refractivity contribution < 1.29 is 38.4 Å². The van der Waals surface area contributed by atoms with Crippen molar-refractivity contribution in [3.8, 4) is 23.0 Å². The fraction of sp³-hybridized carbons (Fsp3) is 0.259. The van der Waals surface area contributed by atoms with Gasteiger partial charge in [0.1, 0.15) is 6.61 Å². The van der Waals surface area contributed by atoms with E-state index in [0.29, 0.717) is 31.8 Å². The van der Waals surface area contributed by atoms with Gasteiger partial charge in [0.15, 0.2) is 35.6 Å². The molecular weight excluding hydrogens is 512 g/mol. The van der Waals surface area contributed by atoms with Crippen molar-refractivity contribution in [1.82, 2.24) is 0 Å². The minimum absolute atomic E-state index is 0.116. The zero-order valence-electron chi connectivity index (χ0n) is 21.1. The van der Waals surface area contributed by atoms with Gasteiger partial charge in [-0.1, -0.05) is 30.3 Å². The van der Waals surface area contributed by atoms with Crippen LogP contribution in [-0.2, 0) is 6.61 Å². The standard InChI is InChI=1S/C27H26N2O10/c1-36-24-12-20(16-30)22(28(32)33)14-26(24)37-10-6-3-7-11-38-27-15-23(29(34)35)21(17-31)13-25(27)39-18-19-8-4-2-5-9-19/h2,4-5,8-9,12-17H,3,6-7,10-11,18H2,1H3. The summed E-state index contributed by atoms with van der Waals surface area (Å²) >= 11 is 0. The van der Waals surface area contributed by atoms with Gasteiger partial charge in [0.05, 0.1) is 53.4 Å². The van der Waals surface area contributed by atoms with Gasteiger partial charge in [0, 0.05) is 12.1 Å². The van der Waals surface area contributed by atoms with Crippen molar-refractivity contribution in [3.63, 3.8) is 0 Å². The zero-order chi connectivity index (χ0) is 28.2. The second-order valence-electron chi connectivity index (χ2n) is 8.20. The lowest BCUT2D eigenvalue weighted by atomic mass is 10.1. The molecule has 12 heteroatoms. The minimum atomic E-state index is -0.669. The summed E-state index contributed by atoms with van der Waals surface area (Å²) < 4.78 is 22.4. The van der Waals surface area contributed by atoms with Gasteiger partial charge in [-0.25, -0.2) is 0 Å². The first-order valence-corrected chi connectivity index (χ1v) is 11.9. The lowest BCUT2D eigenvalue weighted by Crippen LogP contribution is -2.05. The summed E-state index contributed by atoms with van der Waals surface area (Å²) in [6.45, 7) is 0.612. The van der Waals surface area contributed by atoms with Crippen LogP contribution < -0.4 is 18.9 Å². The molecule has 39 heavy (non-hydrogen) atoms. The van der Waals surface area contributed by atoms with E-state index < -0.39 is 9.85 Å². The number of benzene rings is 3. The number of nitro groups is 2. The van der Waals surface area contributed by atoms with Gasteiger partial charge in [0.2, 0.25) is 0 Å². The topological polar surface area (TPSA) is 157 Å². The molecule has 0 atom stereocenters. The molecule has 204 valence electrons. The Hall–Kier alpha value is -5.00. The molecule has 0 saturated carbocycles. The summed E-state index contributed by atoms with van der Waals surface area (Å²) in [5.41, 5.74) is -0.130. The number of hydrogen-bond donors (Lipinski definition) is 0. The maximum absolute atomic E-state index is 11.4. The lowest BCUT2D eigenvalue weighted by molar-refractivity contribution is -0.385. The highest BCUT2D eigenvalue weighted by molar-refractivity contribution is 5.84. The lowest BCUT2D eigenvalue weighted by Gasteiger charge is -2.14. The molecule has 0 aliphatic heterocycles. The second kappa shape index (κ2) is 14.1. The molecule has 0 saturated heterocycles. The van der Waals surface area contributed by atoms with E-state index in [1.165, 1.54) is 25.3 Å². The summed E-state index contributed by atoms with van der Waals surface area (Å²) in [6.07, 6.45) is 2.55. The first-order chi connectivity index (χ1) is 18.9. The van der Waals surface area contributed by atoms with Crippen LogP contribution in [0.15, 0.2) is 54.6 Å². The summed E-state index contributed by atoms with van der Waals surface area (Å²) in [5.74, 6) is 0.706. The first kappa shape index (κ1) is 28.6. The summed E-state index contributed by atoms with van der Waals surface area (Å²) in [6, 6.07) is 14.2. The van der Waals surface area contributed by atoms with E-state index in [-0.39, 0.29) is 65.3 Å².